The second-order valence-electron chi connectivity index (χ2n) is 16.8. The lowest BCUT2D eigenvalue weighted by Gasteiger charge is -2.61. The van der Waals surface area contributed by atoms with Crippen LogP contribution in [0, 0.1) is 22.2 Å². The zero-order chi connectivity index (χ0) is 45.3. The highest BCUT2D eigenvalue weighted by Crippen LogP contribution is 2.74. The molecule has 0 aromatic heterocycles. The summed E-state index contributed by atoms with van der Waals surface area (Å²) < 4.78 is 123. The summed E-state index contributed by atoms with van der Waals surface area (Å²) >= 11 is 0. The molecule has 2 N–H and O–H groups in total. The summed E-state index contributed by atoms with van der Waals surface area (Å²) in [4.78, 5) is 40.6. The Morgan fingerprint density at radius 3 is 1.72 bits per heavy atom. The van der Waals surface area contributed by atoms with Crippen LogP contribution in [-0.4, -0.2) is 97.4 Å². The minimum absolute atomic E-state index is 0.503. The van der Waals surface area contributed by atoms with Crippen molar-refractivity contribution in [3.63, 3.8) is 0 Å². The number of esters is 3. The van der Waals surface area contributed by atoms with Crippen LogP contribution in [0.3, 0.4) is 0 Å². The van der Waals surface area contributed by atoms with Gasteiger partial charge in [0.1, 0.15) is 23.4 Å². The molecule has 11 nitrogen and oxygen atoms in total. The Labute approximate surface area is 343 Å². The fourth-order valence-electron chi connectivity index (χ4n) is 10.5. The van der Waals surface area contributed by atoms with Crippen LogP contribution in [-0.2, 0) is 54.0 Å². The third-order valence-electron chi connectivity index (χ3n) is 13.3. The van der Waals surface area contributed by atoms with Crippen LogP contribution in [0.5, 0.6) is 0 Å². The van der Waals surface area contributed by atoms with Crippen LogP contribution in [0.25, 0.3) is 0 Å². The predicted molar refractivity (Wildman–Crippen MR) is 200 cm³/mol. The average molecular weight is 857 g/mol. The number of carbonyl (C=O) groups excluding carboxylic acids is 3. The predicted octanol–water partition coefficient (Wildman–Crippen LogP) is 6.65. The lowest BCUT2D eigenvalue weighted by molar-refractivity contribution is -0.297. The van der Waals surface area contributed by atoms with Crippen molar-refractivity contribution < 1.29 is 79.4 Å². The molecule has 60 heavy (non-hydrogen) atoms. The Morgan fingerprint density at radius 1 is 0.817 bits per heavy atom. The lowest BCUT2D eigenvalue weighted by atomic mass is 9.44. The average Bonchev–Trinajstić information content (AvgIpc) is 3.52. The Hall–Kier alpha value is -4.29. The third kappa shape index (κ3) is 6.48. The topological polar surface area (TPSA) is 147 Å². The Morgan fingerprint density at radius 2 is 1.28 bits per heavy atom. The molecule has 0 amide bonds. The van der Waals surface area contributed by atoms with Crippen LogP contribution >= 0.6 is 0 Å². The molecule has 1 aliphatic heterocycles. The standard InChI is InChI=1S/C43H50F6O11/c1-24-23-36(4)31(38(6,53)25(2)58-33(51)40(56-9,42(44,45)46)26-17-13-11-14-18-26)59-32-37(36,5)29(24)35(3,22-21-28(50)55-8)30(39(32,7)54)60-34(52)41(57-10,43(47,48)49)27-19-15-12-16-20-27/h11-23,25,29-32,53-54H,1-10H3/b22-21+/t25?,29-,30+,31-,32-,35+,36+,37-,38?,39+,40+,41+/m1/s1. The van der Waals surface area contributed by atoms with E-state index < -0.39 is 110 Å². The van der Waals surface area contributed by atoms with Crippen molar-refractivity contribution in [2.45, 2.75) is 108 Å². The van der Waals surface area contributed by atoms with E-state index in [0.29, 0.717) is 19.8 Å². The second kappa shape index (κ2) is 15.3. The van der Waals surface area contributed by atoms with Crippen molar-refractivity contribution in [3.05, 3.63) is 95.6 Å². The number of alkyl halides is 6. The molecule has 12 atom stereocenters. The fourth-order valence-corrected chi connectivity index (χ4v) is 10.5. The van der Waals surface area contributed by atoms with Gasteiger partial charge in [0.05, 0.1) is 19.3 Å². The molecule has 0 spiro atoms. The largest absolute Gasteiger partial charge is 0.466 e. The van der Waals surface area contributed by atoms with E-state index in [0.717, 1.165) is 51.3 Å². The number of ether oxygens (including phenoxy) is 6. The van der Waals surface area contributed by atoms with Crippen LogP contribution in [0.15, 0.2) is 84.5 Å². The summed E-state index contributed by atoms with van der Waals surface area (Å²) in [6, 6.07) is 12.0. The van der Waals surface area contributed by atoms with Gasteiger partial charge in [-0.1, -0.05) is 99.2 Å². The van der Waals surface area contributed by atoms with Crippen molar-refractivity contribution >= 4 is 17.9 Å². The molecule has 1 saturated carbocycles. The van der Waals surface area contributed by atoms with Gasteiger partial charge in [-0.25, -0.2) is 14.4 Å². The number of hydrogen-bond acceptors (Lipinski definition) is 11. The number of hydrogen-bond donors (Lipinski definition) is 2. The normalized spacial score (nSPS) is 33.7. The molecule has 0 radical (unpaired) electrons. The smallest absolute Gasteiger partial charge is 0.432 e. The Bertz CT molecular complexity index is 2020. The highest BCUT2D eigenvalue weighted by Gasteiger charge is 2.81. The van der Waals surface area contributed by atoms with Gasteiger partial charge in [-0.05, 0) is 27.7 Å². The third-order valence-corrected chi connectivity index (χ3v) is 13.3. The van der Waals surface area contributed by atoms with Crippen molar-refractivity contribution in [3.8, 4) is 0 Å². The number of benzene rings is 2. The number of rotatable bonds is 12. The number of aliphatic hydroxyl groups is 2. The molecule has 330 valence electrons. The van der Waals surface area contributed by atoms with Crippen LogP contribution < -0.4 is 0 Å². The quantitative estimate of drug-likeness (QED) is 0.0779. The van der Waals surface area contributed by atoms with Crippen molar-refractivity contribution in [1.29, 1.82) is 0 Å². The highest BCUT2D eigenvalue weighted by atomic mass is 19.4. The highest BCUT2D eigenvalue weighted by molar-refractivity contribution is 5.84. The first-order valence-corrected chi connectivity index (χ1v) is 18.9. The zero-order valence-electron chi connectivity index (χ0n) is 34.7. The first-order chi connectivity index (χ1) is 27.6. The Kier molecular flexibility index (Phi) is 11.9. The number of halogens is 6. The fraction of sp³-hybridized carbons (Fsp3) is 0.558. The summed E-state index contributed by atoms with van der Waals surface area (Å²) in [5, 5.41) is 25.2. The Balaban J connectivity index is 1.65. The maximum absolute atomic E-state index is 15.2. The molecule has 1 saturated heterocycles. The molecule has 1 heterocycles. The second-order valence-corrected chi connectivity index (χ2v) is 16.8. The van der Waals surface area contributed by atoms with Crippen LogP contribution in [0.1, 0.15) is 59.6 Å². The van der Waals surface area contributed by atoms with Crippen LogP contribution in [0.4, 0.5) is 26.3 Å². The molecule has 2 aromatic rings. The van der Waals surface area contributed by atoms with Gasteiger partial charge in [-0.2, -0.15) is 26.3 Å². The molecule has 2 aromatic carbocycles. The minimum Gasteiger partial charge on any atom is -0.466 e. The minimum atomic E-state index is -5.41. The summed E-state index contributed by atoms with van der Waals surface area (Å²) in [6.07, 6.45) is -13.6. The van der Waals surface area contributed by atoms with Gasteiger partial charge >= 0.3 is 30.3 Å². The first kappa shape index (κ1) is 46.8. The van der Waals surface area contributed by atoms with E-state index in [9.17, 15) is 37.8 Å². The maximum Gasteiger partial charge on any atom is 0.432 e. The van der Waals surface area contributed by atoms with Gasteiger partial charge in [-0.3, -0.25) is 0 Å². The number of methoxy groups -OCH3 is 3. The number of carbonyl (C=O) groups is 3. The SMILES string of the molecule is COC(=O)/C=C/[C@]1(C)[C@H](OC(=O)[C@@](OC)(c2ccccc2)C(F)(F)F)[C@](C)(O)[C@@H]2O[C@@H](C(C)(O)C(C)OC(=O)[C@@](OC)(c3ccccc3)C(F)(F)F)[C@]3(C)C=C(C)[C@H]1[C@]23C. The van der Waals surface area contributed by atoms with E-state index in [-0.39, 0.29) is 0 Å². The molecule has 2 fully saturated rings. The zero-order valence-corrected chi connectivity index (χ0v) is 34.7. The number of allylic oxidation sites excluding steroid dienone is 1. The monoisotopic (exact) mass is 856 g/mol. The van der Waals surface area contributed by atoms with Gasteiger partial charge in [0.15, 0.2) is 0 Å². The van der Waals surface area contributed by atoms with Gasteiger partial charge in [0, 0.05) is 53.6 Å². The summed E-state index contributed by atoms with van der Waals surface area (Å²) in [5.74, 6) is -5.70. The summed E-state index contributed by atoms with van der Waals surface area (Å²) in [7, 11) is 2.45. The molecule has 17 heteroatoms. The summed E-state index contributed by atoms with van der Waals surface area (Å²) in [6.45, 7) is 9.93. The summed E-state index contributed by atoms with van der Waals surface area (Å²) in [5.41, 5.74) is -17.5. The van der Waals surface area contributed by atoms with E-state index in [2.05, 4.69) is 0 Å². The van der Waals surface area contributed by atoms with Gasteiger partial charge in [-0.15, -0.1) is 0 Å². The lowest BCUT2D eigenvalue weighted by Crippen LogP contribution is -2.71. The molecular weight excluding hydrogens is 806 g/mol. The van der Waals surface area contributed by atoms with Crippen LogP contribution in [0.2, 0.25) is 0 Å². The van der Waals surface area contributed by atoms with Crippen molar-refractivity contribution in [2.24, 2.45) is 22.2 Å². The molecule has 2 unspecified atom stereocenters. The maximum atomic E-state index is 15.2. The van der Waals surface area contributed by atoms with E-state index in [1.165, 1.54) is 56.3 Å². The molecule has 0 bridgehead atoms. The van der Waals surface area contributed by atoms with Crippen molar-refractivity contribution in [2.75, 3.05) is 21.3 Å². The molecular formula is C43H50F6O11. The first-order valence-electron chi connectivity index (χ1n) is 18.9. The molecule has 5 rings (SSSR count). The van der Waals surface area contributed by atoms with Gasteiger partial charge in [0.2, 0.25) is 0 Å². The van der Waals surface area contributed by atoms with E-state index >= 15 is 13.2 Å². The van der Waals surface area contributed by atoms with E-state index in [4.69, 9.17) is 28.4 Å². The van der Waals surface area contributed by atoms with E-state index in [1.807, 2.05) is 0 Å². The van der Waals surface area contributed by atoms with Crippen molar-refractivity contribution in [1.82, 2.24) is 0 Å². The van der Waals surface area contributed by atoms with Gasteiger partial charge in [0.25, 0.3) is 11.2 Å². The molecule has 2 aliphatic carbocycles. The molecule has 3 aliphatic rings. The van der Waals surface area contributed by atoms with E-state index in [1.54, 1.807) is 26.8 Å². The van der Waals surface area contributed by atoms with Gasteiger partial charge < -0.3 is 38.6 Å².